The van der Waals surface area contributed by atoms with Crippen LogP contribution in [0.4, 0.5) is 10.1 Å². The maximum atomic E-state index is 13.0. The third-order valence-electron chi connectivity index (χ3n) is 4.30. The number of amides is 1. The van der Waals surface area contributed by atoms with Crippen molar-refractivity contribution in [3.63, 3.8) is 0 Å². The molecule has 0 atom stereocenters. The Morgan fingerprint density at radius 2 is 1.85 bits per heavy atom. The molecule has 26 heavy (non-hydrogen) atoms. The fourth-order valence-electron chi connectivity index (χ4n) is 2.91. The van der Waals surface area contributed by atoms with Crippen molar-refractivity contribution in [2.75, 3.05) is 44.8 Å². The molecule has 2 aromatic rings. The lowest BCUT2D eigenvalue weighted by Gasteiger charge is -2.36. The molecular formula is C19H20ClFN2O3. The number of para-hydroxylation sites is 2. The highest BCUT2D eigenvalue weighted by molar-refractivity contribution is 6.32. The number of piperazine rings is 1. The van der Waals surface area contributed by atoms with E-state index >= 15 is 0 Å². The number of carbonyl (C=O) groups excluding carboxylic acids is 1. The van der Waals surface area contributed by atoms with Gasteiger partial charge in [0.2, 0.25) is 0 Å². The van der Waals surface area contributed by atoms with Crippen LogP contribution in [0.2, 0.25) is 5.02 Å². The Labute approximate surface area is 156 Å². The summed E-state index contributed by atoms with van der Waals surface area (Å²) in [4.78, 5) is 16.3. The van der Waals surface area contributed by atoms with Crippen LogP contribution in [-0.2, 0) is 4.79 Å². The van der Waals surface area contributed by atoms with Crippen molar-refractivity contribution in [3.8, 4) is 11.5 Å². The second-order valence-corrected chi connectivity index (χ2v) is 6.31. The summed E-state index contributed by atoms with van der Waals surface area (Å²) >= 11 is 5.91. The summed E-state index contributed by atoms with van der Waals surface area (Å²) in [6.45, 7) is 2.49. The predicted molar refractivity (Wildman–Crippen MR) is 98.7 cm³/mol. The molecule has 1 aliphatic heterocycles. The SMILES string of the molecule is COc1ccccc1N1CCN(C(=O)COc2ccc(F)cc2Cl)CC1. The predicted octanol–water partition coefficient (Wildman–Crippen LogP) is 3.22. The molecule has 0 spiro atoms. The summed E-state index contributed by atoms with van der Waals surface area (Å²) in [5.74, 6) is 0.557. The van der Waals surface area contributed by atoms with E-state index in [1.165, 1.54) is 12.1 Å². The number of hydrogen-bond donors (Lipinski definition) is 0. The van der Waals surface area contributed by atoms with Gasteiger partial charge in [0.05, 0.1) is 17.8 Å². The highest BCUT2D eigenvalue weighted by Gasteiger charge is 2.23. The first-order valence-electron chi connectivity index (χ1n) is 8.32. The molecule has 0 aromatic heterocycles. The minimum atomic E-state index is -0.443. The van der Waals surface area contributed by atoms with Crippen molar-refractivity contribution in [3.05, 3.63) is 53.3 Å². The van der Waals surface area contributed by atoms with Crippen LogP contribution >= 0.6 is 11.6 Å². The van der Waals surface area contributed by atoms with Gasteiger partial charge in [-0.2, -0.15) is 0 Å². The molecule has 1 fully saturated rings. The topological polar surface area (TPSA) is 42.0 Å². The third-order valence-corrected chi connectivity index (χ3v) is 4.60. The number of anilines is 1. The number of benzene rings is 2. The molecule has 0 aliphatic carbocycles. The van der Waals surface area contributed by atoms with Crippen LogP contribution in [0.25, 0.3) is 0 Å². The first kappa shape index (κ1) is 18.3. The smallest absolute Gasteiger partial charge is 0.260 e. The second kappa shape index (κ2) is 8.27. The summed E-state index contributed by atoms with van der Waals surface area (Å²) in [5.41, 5.74) is 1.02. The van der Waals surface area contributed by atoms with E-state index in [0.717, 1.165) is 17.5 Å². The summed E-state index contributed by atoms with van der Waals surface area (Å²) in [7, 11) is 1.65. The fraction of sp³-hybridized carbons (Fsp3) is 0.316. The molecule has 1 heterocycles. The lowest BCUT2D eigenvalue weighted by atomic mass is 10.2. The van der Waals surface area contributed by atoms with Crippen molar-refractivity contribution in [1.29, 1.82) is 0 Å². The van der Waals surface area contributed by atoms with E-state index < -0.39 is 5.82 Å². The van der Waals surface area contributed by atoms with Gasteiger partial charge in [-0.3, -0.25) is 4.79 Å². The lowest BCUT2D eigenvalue weighted by molar-refractivity contribution is -0.133. The number of halogens is 2. The average Bonchev–Trinajstić information content (AvgIpc) is 2.67. The molecule has 0 unspecified atom stereocenters. The maximum absolute atomic E-state index is 13.0. The molecular weight excluding hydrogens is 359 g/mol. The Kier molecular flexibility index (Phi) is 5.83. The molecule has 1 aliphatic rings. The normalized spacial score (nSPS) is 14.3. The van der Waals surface area contributed by atoms with Crippen LogP contribution in [0.1, 0.15) is 0 Å². The van der Waals surface area contributed by atoms with Crippen molar-refractivity contribution < 1.29 is 18.7 Å². The quantitative estimate of drug-likeness (QED) is 0.801. The van der Waals surface area contributed by atoms with E-state index in [1.54, 1.807) is 12.0 Å². The van der Waals surface area contributed by atoms with Crippen LogP contribution in [0.15, 0.2) is 42.5 Å². The van der Waals surface area contributed by atoms with Crippen LogP contribution in [0.5, 0.6) is 11.5 Å². The molecule has 5 nitrogen and oxygen atoms in total. The second-order valence-electron chi connectivity index (χ2n) is 5.90. The van der Waals surface area contributed by atoms with Gasteiger partial charge < -0.3 is 19.3 Å². The Balaban J connectivity index is 1.53. The zero-order chi connectivity index (χ0) is 18.5. The number of hydrogen-bond acceptors (Lipinski definition) is 4. The molecule has 3 rings (SSSR count). The number of ether oxygens (including phenoxy) is 2. The molecule has 0 saturated carbocycles. The van der Waals surface area contributed by atoms with E-state index in [-0.39, 0.29) is 17.5 Å². The Hall–Kier alpha value is -2.47. The van der Waals surface area contributed by atoms with Crippen molar-refractivity contribution >= 4 is 23.2 Å². The van der Waals surface area contributed by atoms with Crippen molar-refractivity contribution in [2.45, 2.75) is 0 Å². The number of carbonyl (C=O) groups is 1. The maximum Gasteiger partial charge on any atom is 0.260 e. The van der Waals surface area contributed by atoms with E-state index in [1.807, 2.05) is 24.3 Å². The van der Waals surface area contributed by atoms with Crippen LogP contribution in [0.3, 0.4) is 0 Å². The van der Waals surface area contributed by atoms with Gasteiger partial charge >= 0.3 is 0 Å². The number of methoxy groups -OCH3 is 1. The van der Waals surface area contributed by atoms with Gasteiger partial charge in [0.1, 0.15) is 17.3 Å². The van der Waals surface area contributed by atoms with Gasteiger partial charge in [0, 0.05) is 26.2 Å². The molecule has 138 valence electrons. The van der Waals surface area contributed by atoms with E-state index in [0.29, 0.717) is 31.9 Å². The van der Waals surface area contributed by atoms with E-state index in [2.05, 4.69) is 4.90 Å². The van der Waals surface area contributed by atoms with E-state index in [9.17, 15) is 9.18 Å². The monoisotopic (exact) mass is 378 g/mol. The van der Waals surface area contributed by atoms with Crippen molar-refractivity contribution in [2.24, 2.45) is 0 Å². The minimum Gasteiger partial charge on any atom is -0.495 e. The van der Waals surface area contributed by atoms with Gasteiger partial charge in [-0.25, -0.2) is 4.39 Å². The molecule has 1 saturated heterocycles. The van der Waals surface area contributed by atoms with Crippen LogP contribution in [-0.4, -0.2) is 50.7 Å². The summed E-state index contributed by atoms with van der Waals surface area (Å²) in [6, 6.07) is 11.7. The molecule has 0 N–H and O–H groups in total. The van der Waals surface area contributed by atoms with Gasteiger partial charge in [-0.1, -0.05) is 23.7 Å². The standard InChI is InChI=1S/C19H20ClFN2O3/c1-25-18-5-3-2-4-16(18)22-8-10-23(11-9-22)19(24)13-26-17-7-6-14(21)12-15(17)20/h2-7,12H,8-11,13H2,1H3. The first-order valence-corrected chi connectivity index (χ1v) is 8.70. The Morgan fingerprint density at radius 1 is 1.12 bits per heavy atom. The van der Waals surface area contributed by atoms with Gasteiger partial charge in [0.15, 0.2) is 6.61 Å². The summed E-state index contributed by atoms with van der Waals surface area (Å²) < 4.78 is 23.9. The Bertz CT molecular complexity index is 779. The average molecular weight is 379 g/mol. The summed E-state index contributed by atoms with van der Waals surface area (Å²) in [5, 5.41) is 0.152. The zero-order valence-corrected chi connectivity index (χ0v) is 15.2. The minimum absolute atomic E-state index is 0.120. The molecule has 1 amide bonds. The molecule has 2 aromatic carbocycles. The van der Waals surface area contributed by atoms with Crippen molar-refractivity contribution in [1.82, 2.24) is 4.90 Å². The van der Waals surface area contributed by atoms with E-state index in [4.69, 9.17) is 21.1 Å². The fourth-order valence-corrected chi connectivity index (χ4v) is 3.13. The Morgan fingerprint density at radius 3 is 2.54 bits per heavy atom. The van der Waals surface area contributed by atoms with Crippen LogP contribution < -0.4 is 14.4 Å². The highest BCUT2D eigenvalue weighted by Crippen LogP contribution is 2.28. The van der Waals surface area contributed by atoms with Gasteiger partial charge in [0.25, 0.3) is 5.91 Å². The number of rotatable bonds is 5. The van der Waals surface area contributed by atoms with Gasteiger partial charge in [-0.15, -0.1) is 0 Å². The first-order chi connectivity index (χ1) is 12.6. The molecule has 0 bridgehead atoms. The molecule has 7 heteroatoms. The highest BCUT2D eigenvalue weighted by atomic mass is 35.5. The summed E-state index contributed by atoms with van der Waals surface area (Å²) in [6.07, 6.45) is 0. The number of nitrogens with zero attached hydrogens (tertiary/aromatic N) is 2. The lowest BCUT2D eigenvalue weighted by Crippen LogP contribution is -2.50. The van der Waals surface area contributed by atoms with Crippen LogP contribution in [0, 0.1) is 5.82 Å². The molecule has 0 radical (unpaired) electrons. The zero-order valence-electron chi connectivity index (χ0n) is 14.5. The largest absolute Gasteiger partial charge is 0.495 e. The third kappa shape index (κ3) is 4.19. The van der Waals surface area contributed by atoms with Gasteiger partial charge in [-0.05, 0) is 30.3 Å².